The summed E-state index contributed by atoms with van der Waals surface area (Å²) in [6.07, 6.45) is 1.76. The molecule has 0 aliphatic rings. The second kappa shape index (κ2) is 7.81. The number of nitrogens with zero attached hydrogens (tertiary/aromatic N) is 3. The Kier molecular flexibility index (Phi) is 6.39. The van der Waals surface area contributed by atoms with E-state index >= 15 is 0 Å². The lowest BCUT2D eigenvalue weighted by Gasteiger charge is -2.21. The quantitative estimate of drug-likeness (QED) is 0.915. The van der Waals surface area contributed by atoms with E-state index in [-0.39, 0.29) is 18.3 Å². The van der Waals surface area contributed by atoms with Gasteiger partial charge < -0.3 is 10.6 Å². The standard InChI is InChI=1S/C15H20N4O.ClH/c1-12-14(11-18(2)17-12)15(20)19(9-8-16)10-13-6-4-3-5-7-13;/h3-7,11H,8-10,16H2,1-2H3;1H. The highest BCUT2D eigenvalue weighted by Crippen LogP contribution is 2.12. The first-order valence-electron chi connectivity index (χ1n) is 6.65. The number of benzene rings is 1. The highest BCUT2D eigenvalue weighted by Gasteiger charge is 2.19. The fourth-order valence-electron chi connectivity index (χ4n) is 2.19. The van der Waals surface area contributed by atoms with Crippen molar-refractivity contribution < 1.29 is 4.79 Å². The summed E-state index contributed by atoms with van der Waals surface area (Å²) < 4.78 is 1.66. The molecule has 114 valence electrons. The Morgan fingerprint density at radius 1 is 1.33 bits per heavy atom. The second-order valence-corrected chi connectivity index (χ2v) is 4.80. The minimum absolute atomic E-state index is 0. The molecule has 0 saturated heterocycles. The van der Waals surface area contributed by atoms with Crippen molar-refractivity contribution in [3.8, 4) is 0 Å². The Hall–Kier alpha value is -1.85. The third kappa shape index (κ3) is 4.31. The smallest absolute Gasteiger partial charge is 0.257 e. The number of aryl methyl sites for hydroxylation is 2. The van der Waals surface area contributed by atoms with E-state index in [1.807, 2.05) is 44.3 Å². The molecule has 5 nitrogen and oxygen atoms in total. The zero-order valence-corrected chi connectivity index (χ0v) is 13.1. The van der Waals surface area contributed by atoms with Crippen LogP contribution in [0.2, 0.25) is 0 Å². The predicted octanol–water partition coefficient (Wildman–Crippen LogP) is 1.75. The molecule has 0 spiro atoms. The summed E-state index contributed by atoms with van der Waals surface area (Å²) in [7, 11) is 1.81. The van der Waals surface area contributed by atoms with Crippen molar-refractivity contribution in [2.45, 2.75) is 13.5 Å². The normalized spacial score (nSPS) is 10.0. The lowest BCUT2D eigenvalue weighted by atomic mass is 10.2. The van der Waals surface area contributed by atoms with Crippen molar-refractivity contribution in [2.24, 2.45) is 12.8 Å². The number of amides is 1. The van der Waals surface area contributed by atoms with Gasteiger partial charge in [-0.1, -0.05) is 30.3 Å². The van der Waals surface area contributed by atoms with Crippen LogP contribution in [0, 0.1) is 6.92 Å². The molecule has 1 heterocycles. The van der Waals surface area contributed by atoms with Gasteiger partial charge in [0.05, 0.1) is 11.3 Å². The SMILES string of the molecule is Cc1nn(C)cc1C(=O)N(CCN)Cc1ccccc1.Cl. The molecular formula is C15H21ClN4O. The van der Waals surface area contributed by atoms with Gasteiger partial charge in [0.25, 0.3) is 5.91 Å². The Morgan fingerprint density at radius 2 is 2.00 bits per heavy atom. The zero-order chi connectivity index (χ0) is 14.5. The van der Waals surface area contributed by atoms with Gasteiger partial charge in [0.1, 0.15) is 0 Å². The molecule has 6 heteroatoms. The van der Waals surface area contributed by atoms with Gasteiger partial charge in [-0.25, -0.2) is 0 Å². The summed E-state index contributed by atoms with van der Waals surface area (Å²) >= 11 is 0. The van der Waals surface area contributed by atoms with Gasteiger partial charge in [-0.15, -0.1) is 12.4 Å². The molecule has 2 aromatic rings. The van der Waals surface area contributed by atoms with E-state index in [1.165, 1.54) is 0 Å². The summed E-state index contributed by atoms with van der Waals surface area (Å²) in [6.45, 7) is 3.38. The van der Waals surface area contributed by atoms with Crippen molar-refractivity contribution in [1.82, 2.24) is 14.7 Å². The second-order valence-electron chi connectivity index (χ2n) is 4.80. The molecule has 0 atom stereocenters. The largest absolute Gasteiger partial charge is 0.333 e. The highest BCUT2D eigenvalue weighted by atomic mass is 35.5. The Morgan fingerprint density at radius 3 is 2.52 bits per heavy atom. The molecule has 1 aromatic heterocycles. The number of rotatable bonds is 5. The van der Waals surface area contributed by atoms with E-state index in [0.717, 1.165) is 11.3 Å². The van der Waals surface area contributed by atoms with Crippen LogP contribution in [-0.4, -0.2) is 33.7 Å². The van der Waals surface area contributed by atoms with Gasteiger partial charge in [0, 0.05) is 32.9 Å². The van der Waals surface area contributed by atoms with Crippen LogP contribution < -0.4 is 5.73 Å². The molecule has 0 fully saturated rings. The lowest BCUT2D eigenvalue weighted by molar-refractivity contribution is 0.0747. The third-order valence-corrected chi connectivity index (χ3v) is 3.15. The van der Waals surface area contributed by atoms with Crippen LogP contribution >= 0.6 is 12.4 Å². The fourth-order valence-corrected chi connectivity index (χ4v) is 2.19. The van der Waals surface area contributed by atoms with Crippen LogP contribution in [0.4, 0.5) is 0 Å². The molecule has 0 aliphatic carbocycles. The summed E-state index contributed by atoms with van der Waals surface area (Å²) in [6, 6.07) is 9.91. The molecule has 1 aromatic carbocycles. The van der Waals surface area contributed by atoms with E-state index in [0.29, 0.717) is 25.2 Å². The van der Waals surface area contributed by atoms with Crippen molar-refractivity contribution in [2.75, 3.05) is 13.1 Å². The summed E-state index contributed by atoms with van der Waals surface area (Å²) in [4.78, 5) is 14.4. The average Bonchev–Trinajstić information content (AvgIpc) is 2.77. The zero-order valence-electron chi connectivity index (χ0n) is 12.3. The molecule has 21 heavy (non-hydrogen) atoms. The molecule has 0 unspecified atom stereocenters. The minimum Gasteiger partial charge on any atom is -0.333 e. The molecule has 0 saturated carbocycles. The maximum atomic E-state index is 12.6. The Bertz CT molecular complexity index is 583. The molecule has 2 rings (SSSR count). The van der Waals surface area contributed by atoms with Crippen LogP contribution in [0.3, 0.4) is 0 Å². The number of carbonyl (C=O) groups excluding carboxylic acids is 1. The number of carbonyl (C=O) groups is 1. The first kappa shape index (κ1) is 17.2. The van der Waals surface area contributed by atoms with Gasteiger partial charge in [0.15, 0.2) is 0 Å². The minimum atomic E-state index is -0.0232. The van der Waals surface area contributed by atoms with Crippen LogP contribution in [0.15, 0.2) is 36.5 Å². The maximum Gasteiger partial charge on any atom is 0.257 e. The highest BCUT2D eigenvalue weighted by molar-refractivity contribution is 5.95. The molecular weight excluding hydrogens is 288 g/mol. The van der Waals surface area contributed by atoms with Crippen LogP contribution in [-0.2, 0) is 13.6 Å². The first-order chi connectivity index (χ1) is 9.61. The number of halogens is 1. The van der Waals surface area contributed by atoms with Gasteiger partial charge >= 0.3 is 0 Å². The van der Waals surface area contributed by atoms with Gasteiger partial charge in [-0.05, 0) is 12.5 Å². The van der Waals surface area contributed by atoms with E-state index in [4.69, 9.17) is 5.73 Å². The van der Waals surface area contributed by atoms with Crippen molar-refractivity contribution in [3.05, 3.63) is 53.3 Å². The van der Waals surface area contributed by atoms with E-state index in [2.05, 4.69) is 5.10 Å². The lowest BCUT2D eigenvalue weighted by Crippen LogP contribution is -2.35. The van der Waals surface area contributed by atoms with E-state index < -0.39 is 0 Å². The van der Waals surface area contributed by atoms with Crippen LogP contribution in [0.5, 0.6) is 0 Å². The third-order valence-electron chi connectivity index (χ3n) is 3.15. The van der Waals surface area contributed by atoms with Crippen LogP contribution in [0.1, 0.15) is 21.6 Å². The Balaban J connectivity index is 0.00000220. The summed E-state index contributed by atoms with van der Waals surface area (Å²) in [5.41, 5.74) is 8.10. The number of aromatic nitrogens is 2. The average molecular weight is 309 g/mol. The van der Waals surface area contributed by atoms with E-state index in [9.17, 15) is 4.79 Å². The number of hydrogen-bond acceptors (Lipinski definition) is 3. The molecule has 0 radical (unpaired) electrons. The Labute approximate surface area is 131 Å². The van der Waals surface area contributed by atoms with Crippen molar-refractivity contribution in [1.29, 1.82) is 0 Å². The molecule has 0 aliphatic heterocycles. The fraction of sp³-hybridized carbons (Fsp3) is 0.333. The monoisotopic (exact) mass is 308 g/mol. The summed E-state index contributed by atoms with van der Waals surface area (Å²) in [5.74, 6) is -0.0232. The summed E-state index contributed by atoms with van der Waals surface area (Å²) in [5, 5.41) is 4.22. The van der Waals surface area contributed by atoms with Gasteiger partial charge in [0.2, 0.25) is 0 Å². The van der Waals surface area contributed by atoms with Crippen LogP contribution in [0.25, 0.3) is 0 Å². The van der Waals surface area contributed by atoms with E-state index in [1.54, 1.807) is 15.8 Å². The van der Waals surface area contributed by atoms with Crippen molar-refractivity contribution in [3.63, 3.8) is 0 Å². The molecule has 1 amide bonds. The molecule has 0 bridgehead atoms. The predicted molar refractivity (Wildman–Crippen MR) is 85.4 cm³/mol. The molecule has 2 N–H and O–H groups in total. The number of hydrogen-bond donors (Lipinski definition) is 1. The maximum absolute atomic E-state index is 12.6. The van der Waals surface area contributed by atoms with Gasteiger partial charge in [-0.2, -0.15) is 5.10 Å². The number of nitrogens with two attached hydrogens (primary N) is 1. The van der Waals surface area contributed by atoms with Gasteiger partial charge in [-0.3, -0.25) is 9.48 Å². The topological polar surface area (TPSA) is 64.2 Å². The first-order valence-corrected chi connectivity index (χ1v) is 6.65. The van der Waals surface area contributed by atoms with Crippen molar-refractivity contribution >= 4 is 18.3 Å².